The maximum Gasteiger partial charge on any atom is 0.357 e. The lowest BCUT2D eigenvalue weighted by Gasteiger charge is -2.43. The topological polar surface area (TPSA) is 48.4 Å². The number of benzene rings is 2. The molecule has 0 saturated carbocycles. The summed E-state index contributed by atoms with van der Waals surface area (Å²) < 4.78 is 12.6. The first kappa shape index (κ1) is 24.1. The molecule has 5 heteroatoms. The van der Waals surface area contributed by atoms with Gasteiger partial charge in [0.25, 0.3) is 8.32 Å². The van der Waals surface area contributed by atoms with Crippen LogP contribution in [0.25, 0.3) is 0 Å². The van der Waals surface area contributed by atoms with Crippen LogP contribution in [-0.4, -0.2) is 32.0 Å². The second-order valence-electron chi connectivity index (χ2n) is 9.84. The lowest BCUT2D eigenvalue weighted by atomic mass is 10.1. The summed E-state index contributed by atoms with van der Waals surface area (Å²) in [7, 11) is -2.53. The molecule has 34 heavy (non-hydrogen) atoms. The maximum absolute atomic E-state index is 12.3. The number of hydrogen-bond acceptors (Lipinski definition) is 4. The van der Waals surface area contributed by atoms with Gasteiger partial charge in [0, 0.05) is 12.8 Å². The fourth-order valence-corrected chi connectivity index (χ4v) is 9.42. The van der Waals surface area contributed by atoms with Crippen molar-refractivity contribution >= 4 is 24.7 Å². The molecule has 2 atom stereocenters. The number of carbonyl (C=O) groups is 1. The van der Waals surface area contributed by atoms with Crippen molar-refractivity contribution in [2.45, 2.75) is 44.8 Å². The van der Waals surface area contributed by atoms with Crippen molar-refractivity contribution in [2.75, 3.05) is 6.61 Å². The molecule has 0 fully saturated rings. The molecule has 3 aromatic rings. The normalized spacial score (nSPS) is 18.1. The van der Waals surface area contributed by atoms with Gasteiger partial charge in [-0.1, -0.05) is 93.6 Å². The minimum Gasteiger partial charge on any atom is -0.453 e. The molecule has 0 amide bonds. The predicted octanol–water partition coefficient (Wildman–Crippen LogP) is 5.15. The zero-order valence-electron chi connectivity index (χ0n) is 20.2. The van der Waals surface area contributed by atoms with E-state index in [1.54, 1.807) is 24.4 Å². The third kappa shape index (κ3) is 5.21. The third-order valence-corrected chi connectivity index (χ3v) is 11.5. The van der Waals surface area contributed by atoms with Gasteiger partial charge in [-0.2, -0.15) is 0 Å². The van der Waals surface area contributed by atoms with Gasteiger partial charge in [-0.15, -0.1) is 0 Å². The van der Waals surface area contributed by atoms with Crippen LogP contribution in [0.4, 0.5) is 0 Å². The van der Waals surface area contributed by atoms with Crippen molar-refractivity contribution in [3.63, 3.8) is 0 Å². The minimum atomic E-state index is -2.53. The van der Waals surface area contributed by atoms with Crippen molar-refractivity contribution in [3.05, 3.63) is 103 Å². The molecule has 1 aliphatic rings. The van der Waals surface area contributed by atoms with Crippen molar-refractivity contribution in [2.24, 2.45) is 5.92 Å². The first-order chi connectivity index (χ1) is 16.4. The van der Waals surface area contributed by atoms with Gasteiger partial charge in [0.05, 0.1) is 0 Å². The van der Waals surface area contributed by atoms with Gasteiger partial charge in [0.1, 0.15) is 11.8 Å². The van der Waals surface area contributed by atoms with Crippen LogP contribution in [0.5, 0.6) is 0 Å². The Labute approximate surface area is 203 Å². The SMILES string of the molecule is CC(C)(C)[Si](OCC[C@H]1C=C[C@H](OC(=O)c2ccccn2)C1)(c1ccccc1)c1ccccc1. The number of aromatic nitrogens is 1. The fourth-order valence-electron chi connectivity index (χ4n) is 4.84. The van der Waals surface area contributed by atoms with Crippen LogP contribution in [0, 0.1) is 5.92 Å². The molecule has 2 aromatic carbocycles. The molecule has 0 saturated heterocycles. The molecule has 0 radical (unpaired) electrons. The fraction of sp³-hybridized carbons (Fsp3) is 0.310. The molecule has 0 bridgehead atoms. The molecule has 4 nitrogen and oxygen atoms in total. The molecule has 1 aliphatic carbocycles. The van der Waals surface area contributed by atoms with E-state index >= 15 is 0 Å². The molecular formula is C29H33NO3Si. The highest BCUT2D eigenvalue weighted by molar-refractivity contribution is 6.99. The smallest absolute Gasteiger partial charge is 0.357 e. The van der Waals surface area contributed by atoms with Gasteiger partial charge >= 0.3 is 5.97 Å². The van der Waals surface area contributed by atoms with Crippen LogP contribution in [-0.2, 0) is 9.16 Å². The highest BCUT2D eigenvalue weighted by Crippen LogP contribution is 2.37. The van der Waals surface area contributed by atoms with E-state index in [9.17, 15) is 4.79 Å². The Morgan fingerprint density at radius 2 is 1.53 bits per heavy atom. The van der Waals surface area contributed by atoms with Crippen LogP contribution in [0.15, 0.2) is 97.2 Å². The number of ether oxygens (including phenoxy) is 1. The summed E-state index contributed by atoms with van der Waals surface area (Å²) in [4.78, 5) is 16.4. The number of nitrogens with zero attached hydrogens (tertiary/aromatic N) is 1. The number of pyridine rings is 1. The van der Waals surface area contributed by atoms with Gasteiger partial charge in [0.15, 0.2) is 0 Å². The largest absolute Gasteiger partial charge is 0.453 e. The number of allylic oxidation sites excluding steroid dienone is 1. The number of esters is 1. The molecule has 0 N–H and O–H groups in total. The van der Waals surface area contributed by atoms with Crippen LogP contribution in [0.3, 0.4) is 0 Å². The van der Waals surface area contributed by atoms with Gasteiger partial charge in [0.2, 0.25) is 0 Å². The molecule has 0 unspecified atom stereocenters. The Bertz CT molecular complexity index is 1050. The van der Waals surface area contributed by atoms with E-state index in [1.807, 2.05) is 6.08 Å². The molecule has 1 aromatic heterocycles. The molecule has 1 heterocycles. The second-order valence-corrected chi connectivity index (χ2v) is 14.1. The zero-order chi connectivity index (χ0) is 24.0. The Morgan fingerprint density at radius 1 is 0.912 bits per heavy atom. The summed E-state index contributed by atoms with van der Waals surface area (Å²) in [6.45, 7) is 7.54. The third-order valence-electron chi connectivity index (χ3n) is 6.49. The Balaban J connectivity index is 1.44. The van der Waals surface area contributed by atoms with E-state index in [-0.39, 0.29) is 17.1 Å². The zero-order valence-corrected chi connectivity index (χ0v) is 21.2. The summed E-state index contributed by atoms with van der Waals surface area (Å²) >= 11 is 0. The first-order valence-electron chi connectivity index (χ1n) is 12.0. The van der Waals surface area contributed by atoms with Gasteiger partial charge in [-0.3, -0.25) is 0 Å². The summed E-state index contributed by atoms with van der Waals surface area (Å²) in [5.41, 5.74) is 0.342. The minimum absolute atomic E-state index is 0.0397. The first-order valence-corrected chi connectivity index (χ1v) is 13.9. The van der Waals surface area contributed by atoms with Gasteiger partial charge < -0.3 is 9.16 Å². The monoisotopic (exact) mass is 471 g/mol. The molecular weight excluding hydrogens is 438 g/mol. The molecule has 176 valence electrons. The van der Waals surface area contributed by atoms with Gasteiger partial charge in [-0.05, 0) is 52.4 Å². The van der Waals surface area contributed by atoms with Crippen LogP contribution in [0.2, 0.25) is 5.04 Å². The average molecular weight is 472 g/mol. The van der Waals surface area contributed by atoms with Gasteiger partial charge in [-0.25, -0.2) is 9.78 Å². The average Bonchev–Trinajstić information content (AvgIpc) is 3.30. The van der Waals surface area contributed by atoms with Crippen LogP contribution < -0.4 is 10.4 Å². The summed E-state index contributed by atoms with van der Waals surface area (Å²) in [5.74, 6) is -0.0563. The van der Waals surface area contributed by atoms with Crippen molar-refractivity contribution < 1.29 is 14.0 Å². The van der Waals surface area contributed by atoms with E-state index in [0.29, 0.717) is 18.2 Å². The Hall–Kier alpha value is -3.02. The van der Waals surface area contributed by atoms with E-state index in [4.69, 9.17) is 9.16 Å². The molecule has 4 rings (SSSR count). The summed E-state index contributed by atoms with van der Waals surface area (Å²) in [6, 6.07) is 26.7. The highest BCUT2D eigenvalue weighted by Gasteiger charge is 2.50. The Morgan fingerprint density at radius 3 is 2.09 bits per heavy atom. The van der Waals surface area contributed by atoms with E-state index in [2.05, 4.69) is 92.5 Å². The van der Waals surface area contributed by atoms with Crippen molar-refractivity contribution in [1.29, 1.82) is 0 Å². The van der Waals surface area contributed by atoms with Crippen molar-refractivity contribution in [1.82, 2.24) is 4.98 Å². The molecule has 0 spiro atoms. The maximum atomic E-state index is 12.3. The number of carbonyl (C=O) groups excluding carboxylic acids is 1. The van der Waals surface area contributed by atoms with Crippen LogP contribution in [0.1, 0.15) is 44.1 Å². The lowest BCUT2D eigenvalue weighted by Crippen LogP contribution is -2.66. The van der Waals surface area contributed by atoms with Crippen LogP contribution >= 0.6 is 0 Å². The van der Waals surface area contributed by atoms with E-state index in [1.165, 1.54) is 10.4 Å². The predicted molar refractivity (Wildman–Crippen MR) is 139 cm³/mol. The number of rotatable bonds is 8. The highest BCUT2D eigenvalue weighted by atomic mass is 28.4. The molecule has 0 aliphatic heterocycles. The number of hydrogen-bond donors (Lipinski definition) is 0. The Kier molecular flexibility index (Phi) is 7.44. The van der Waals surface area contributed by atoms with E-state index < -0.39 is 8.32 Å². The lowest BCUT2D eigenvalue weighted by molar-refractivity contribution is 0.0371. The van der Waals surface area contributed by atoms with Crippen molar-refractivity contribution in [3.8, 4) is 0 Å². The van der Waals surface area contributed by atoms with E-state index in [0.717, 1.165) is 12.8 Å². The quantitative estimate of drug-likeness (QED) is 0.259. The standard InChI is InChI=1S/C29H33NO3Si/c1-29(2,3)34(25-12-6-4-7-13-25,26-14-8-5-9-15-26)32-21-19-23-17-18-24(22-23)33-28(31)27-16-10-11-20-30-27/h4-18,20,23-24H,19,21-22H2,1-3H3/t23-,24+/m1/s1. The summed E-state index contributed by atoms with van der Waals surface area (Å²) in [6.07, 6.45) is 7.21. The second kappa shape index (κ2) is 10.5. The summed E-state index contributed by atoms with van der Waals surface area (Å²) in [5, 5.41) is 2.54.